The SMILES string of the molecule is Cc1ccc(OCCn2c(CCCCCNC(=O)Cc3ccccc3)nc3ccccc32)cc1. The topological polar surface area (TPSA) is 56.1 Å². The van der Waals surface area contributed by atoms with Crippen LogP contribution in [0.1, 0.15) is 36.2 Å². The lowest BCUT2D eigenvalue weighted by atomic mass is 10.1. The molecule has 0 bridgehead atoms. The third-order valence-electron chi connectivity index (χ3n) is 5.95. The molecule has 0 unspecified atom stereocenters. The van der Waals surface area contributed by atoms with Crippen LogP contribution in [0.25, 0.3) is 11.0 Å². The van der Waals surface area contributed by atoms with E-state index in [9.17, 15) is 4.79 Å². The highest BCUT2D eigenvalue weighted by Crippen LogP contribution is 2.18. The van der Waals surface area contributed by atoms with E-state index in [1.54, 1.807) is 0 Å². The van der Waals surface area contributed by atoms with Crippen molar-refractivity contribution >= 4 is 16.9 Å². The average molecular weight is 456 g/mol. The first kappa shape index (κ1) is 23.6. The maximum atomic E-state index is 12.1. The molecule has 0 fully saturated rings. The number of fused-ring (bicyclic) bond motifs is 1. The highest BCUT2D eigenvalue weighted by molar-refractivity contribution is 5.78. The number of rotatable bonds is 12. The fourth-order valence-corrected chi connectivity index (χ4v) is 4.11. The minimum Gasteiger partial charge on any atom is -0.492 e. The van der Waals surface area contributed by atoms with Gasteiger partial charge in [0.15, 0.2) is 0 Å². The molecule has 4 aromatic rings. The number of hydrogen-bond donors (Lipinski definition) is 1. The van der Waals surface area contributed by atoms with E-state index in [2.05, 4.69) is 47.1 Å². The second kappa shape index (κ2) is 12.0. The summed E-state index contributed by atoms with van der Waals surface area (Å²) in [5.41, 5.74) is 4.45. The van der Waals surface area contributed by atoms with Gasteiger partial charge in [0, 0.05) is 13.0 Å². The zero-order chi connectivity index (χ0) is 23.6. The number of aromatic nitrogens is 2. The molecule has 1 N–H and O–H groups in total. The first-order valence-corrected chi connectivity index (χ1v) is 12.1. The van der Waals surface area contributed by atoms with E-state index >= 15 is 0 Å². The number of carbonyl (C=O) groups is 1. The van der Waals surface area contributed by atoms with Crippen molar-refractivity contribution in [2.24, 2.45) is 0 Å². The van der Waals surface area contributed by atoms with E-state index in [0.717, 1.165) is 60.4 Å². The van der Waals surface area contributed by atoms with Crippen molar-refractivity contribution in [3.63, 3.8) is 0 Å². The molecule has 0 saturated carbocycles. The van der Waals surface area contributed by atoms with Crippen molar-refractivity contribution in [1.29, 1.82) is 0 Å². The van der Waals surface area contributed by atoms with Crippen LogP contribution in [0.3, 0.4) is 0 Å². The Kier molecular flexibility index (Phi) is 8.33. The van der Waals surface area contributed by atoms with Crippen LogP contribution in [0, 0.1) is 6.92 Å². The quantitative estimate of drug-likeness (QED) is 0.287. The smallest absolute Gasteiger partial charge is 0.224 e. The van der Waals surface area contributed by atoms with Crippen LogP contribution in [0.5, 0.6) is 5.75 Å². The van der Waals surface area contributed by atoms with Gasteiger partial charge in [-0.15, -0.1) is 0 Å². The van der Waals surface area contributed by atoms with Crippen molar-refractivity contribution in [3.05, 3.63) is 95.8 Å². The van der Waals surface area contributed by atoms with Gasteiger partial charge < -0.3 is 14.6 Å². The average Bonchev–Trinajstić information content (AvgIpc) is 3.20. The van der Waals surface area contributed by atoms with Gasteiger partial charge >= 0.3 is 0 Å². The van der Waals surface area contributed by atoms with Crippen LogP contribution in [-0.2, 0) is 24.2 Å². The summed E-state index contributed by atoms with van der Waals surface area (Å²) in [7, 11) is 0. The van der Waals surface area contributed by atoms with Crippen molar-refractivity contribution in [1.82, 2.24) is 14.9 Å². The molecule has 0 atom stereocenters. The Morgan fingerprint density at radius 3 is 2.50 bits per heavy atom. The molecular weight excluding hydrogens is 422 g/mol. The van der Waals surface area contributed by atoms with Crippen LogP contribution >= 0.6 is 0 Å². The number of nitrogens with zero attached hydrogens (tertiary/aromatic N) is 2. The molecule has 0 spiro atoms. The van der Waals surface area contributed by atoms with Crippen LogP contribution < -0.4 is 10.1 Å². The molecule has 0 aliphatic carbocycles. The molecule has 1 heterocycles. The maximum absolute atomic E-state index is 12.1. The minimum atomic E-state index is 0.0848. The summed E-state index contributed by atoms with van der Waals surface area (Å²) in [6.07, 6.45) is 4.41. The molecule has 34 heavy (non-hydrogen) atoms. The van der Waals surface area contributed by atoms with Gasteiger partial charge in [0.05, 0.1) is 24.0 Å². The number of benzene rings is 3. The lowest BCUT2D eigenvalue weighted by molar-refractivity contribution is -0.120. The lowest BCUT2D eigenvalue weighted by Crippen LogP contribution is -2.26. The fourth-order valence-electron chi connectivity index (χ4n) is 4.11. The Morgan fingerprint density at radius 1 is 0.912 bits per heavy atom. The molecule has 1 amide bonds. The number of ether oxygens (including phenoxy) is 1. The third kappa shape index (κ3) is 6.70. The maximum Gasteiger partial charge on any atom is 0.224 e. The van der Waals surface area contributed by atoms with Crippen LogP contribution in [0.15, 0.2) is 78.9 Å². The van der Waals surface area contributed by atoms with Crippen molar-refractivity contribution < 1.29 is 9.53 Å². The monoisotopic (exact) mass is 455 g/mol. The molecule has 3 aromatic carbocycles. The second-order valence-corrected chi connectivity index (χ2v) is 8.65. The molecule has 0 radical (unpaired) electrons. The number of para-hydroxylation sites is 2. The zero-order valence-corrected chi connectivity index (χ0v) is 19.9. The van der Waals surface area contributed by atoms with Crippen LogP contribution in [0.4, 0.5) is 0 Å². The Labute approximate surface area is 201 Å². The van der Waals surface area contributed by atoms with Crippen molar-refractivity contribution in [3.8, 4) is 5.75 Å². The van der Waals surface area contributed by atoms with Gasteiger partial charge in [-0.25, -0.2) is 4.98 Å². The highest BCUT2D eigenvalue weighted by atomic mass is 16.5. The molecule has 5 heteroatoms. The summed E-state index contributed by atoms with van der Waals surface area (Å²) < 4.78 is 8.25. The van der Waals surface area contributed by atoms with Gasteiger partial charge in [0.1, 0.15) is 18.2 Å². The molecule has 0 aliphatic rings. The predicted octanol–water partition coefficient (Wildman–Crippen LogP) is 5.50. The Bertz CT molecular complexity index is 1180. The zero-order valence-electron chi connectivity index (χ0n) is 19.9. The van der Waals surface area contributed by atoms with Gasteiger partial charge in [-0.1, -0.05) is 66.6 Å². The number of carbonyl (C=O) groups excluding carboxylic acids is 1. The Morgan fingerprint density at radius 2 is 1.68 bits per heavy atom. The summed E-state index contributed by atoms with van der Waals surface area (Å²) in [6, 6.07) is 26.3. The first-order valence-electron chi connectivity index (χ1n) is 12.1. The molecule has 176 valence electrons. The van der Waals surface area contributed by atoms with E-state index in [4.69, 9.17) is 9.72 Å². The molecule has 1 aromatic heterocycles. The van der Waals surface area contributed by atoms with E-state index in [-0.39, 0.29) is 5.91 Å². The summed E-state index contributed by atoms with van der Waals surface area (Å²) >= 11 is 0. The van der Waals surface area contributed by atoms with Crippen LogP contribution in [0.2, 0.25) is 0 Å². The molecule has 5 nitrogen and oxygen atoms in total. The number of nitrogens with one attached hydrogen (secondary N) is 1. The molecule has 0 saturated heterocycles. The Balaban J connectivity index is 1.23. The van der Waals surface area contributed by atoms with Crippen LogP contribution in [-0.4, -0.2) is 28.6 Å². The van der Waals surface area contributed by atoms with Gasteiger partial charge in [-0.05, 0) is 49.6 Å². The van der Waals surface area contributed by atoms with E-state index < -0.39 is 0 Å². The fraction of sp³-hybridized carbons (Fsp3) is 0.310. The summed E-state index contributed by atoms with van der Waals surface area (Å²) in [5, 5.41) is 3.03. The summed E-state index contributed by atoms with van der Waals surface area (Å²) in [5.74, 6) is 2.08. The molecule has 4 rings (SSSR count). The van der Waals surface area contributed by atoms with Gasteiger partial charge in [0.2, 0.25) is 5.91 Å². The number of hydrogen-bond acceptors (Lipinski definition) is 3. The number of unbranched alkanes of at least 4 members (excludes halogenated alkanes) is 2. The lowest BCUT2D eigenvalue weighted by Gasteiger charge is -2.11. The normalized spacial score (nSPS) is 11.0. The number of amides is 1. The van der Waals surface area contributed by atoms with Crippen molar-refractivity contribution in [2.45, 2.75) is 45.6 Å². The van der Waals surface area contributed by atoms with Crippen molar-refractivity contribution in [2.75, 3.05) is 13.2 Å². The molecule has 0 aliphatic heterocycles. The highest BCUT2D eigenvalue weighted by Gasteiger charge is 2.10. The van der Waals surface area contributed by atoms with E-state index in [1.807, 2.05) is 48.5 Å². The number of aryl methyl sites for hydroxylation is 2. The predicted molar refractivity (Wildman–Crippen MR) is 137 cm³/mol. The standard InChI is InChI=1S/C29H33N3O2/c1-23-15-17-25(18-16-23)34-21-20-32-27-13-8-7-12-26(27)31-28(32)14-6-3-9-19-30-29(33)22-24-10-4-2-5-11-24/h2,4-5,7-8,10-13,15-18H,3,6,9,14,19-22H2,1H3,(H,30,33). The molecular formula is C29H33N3O2. The summed E-state index contributed by atoms with van der Waals surface area (Å²) in [6.45, 7) is 4.15. The van der Waals surface area contributed by atoms with E-state index in [0.29, 0.717) is 19.6 Å². The summed E-state index contributed by atoms with van der Waals surface area (Å²) in [4.78, 5) is 17.0. The van der Waals surface area contributed by atoms with Gasteiger partial charge in [-0.2, -0.15) is 0 Å². The largest absolute Gasteiger partial charge is 0.492 e. The second-order valence-electron chi connectivity index (χ2n) is 8.65. The van der Waals surface area contributed by atoms with Gasteiger partial charge in [-0.3, -0.25) is 4.79 Å². The minimum absolute atomic E-state index is 0.0848. The van der Waals surface area contributed by atoms with E-state index in [1.165, 1.54) is 5.56 Å². The first-order chi connectivity index (χ1) is 16.7. The third-order valence-corrected chi connectivity index (χ3v) is 5.95. The Hall–Kier alpha value is -3.60. The van der Waals surface area contributed by atoms with Gasteiger partial charge in [0.25, 0.3) is 0 Å². The number of imidazole rings is 1.